The number of hydrogen-bond donors (Lipinski definition) is 28. The number of carbonyl (C=O) groups is 22. The van der Waals surface area contributed by atoms with Crippen molar-refractivity contribution in [2.24, 2.45) is 34.6 Å². The number of hydrogen-bond acceptors (Lipinski definition) is 30. The molecule has 0 saturated carbocycles. The third-order valence-electron chi connectivity index (χ3n) is 20.8. The Morgan fingerprint density at radius 2 is 0.739 bits per heavy atom. The van der Waals surface area contributed by atoms with Crippen LogP contribution in [0.2, 0.25) is 0 Å². The fourth-order valence-corrected chi connectivity index (χ4v) is 13.7. The van der Waals surface area contributed by atoms with Gasteiger partial charge in [-0.2, -0.15) is 11.8 Å². The van der Waals surface area contributed by atoms with Crippen LogP contribution in [0.1, 0.15) is 181 Å². The molecule has 17 atom stereocenters. The van der Waals surface area contributed by atoms with Crippen LogP contribution in [-0.2, 0) is 112 Å². The Balaban J connectivity index is 0.0000220. The maximum Gasteiger partial charge on any atom is 0.326 e. The molecule has 1 fully saturated rings. The molecule has 0 spiro atoms. The second-order valence-electron chi connectivity index (χ2n) is 31.6. The van der Waals surface area contributed by atoms with Gasteiger partial charge in [-0.3, -0.25) is 101 Å². The summed E-state index contributed by atoms with van der Waals surface area (Å²) in [6.07, 6.45) is -3.76. The van der Waals surface area contributed by atoms with Crippen molar-refractivity contribution in [3.05, 3.63) is 35.9 Å². The first kappa shape index (κ1) is 120. The lowest BCUT2D eigenvalue weighted by Gasteiger charge is -2.31. The number of aliphatic hydroxyl groups excluding tert-OH is 2. The van der Waals surface area contributed by atoms with Crippen molar-refractivity contribution in [1.29, 1.82) is 0 Å². The number of carbonyl (C=O) groups excluding carboxylic acids is 15. The molecule has 1 aliphatic rings. The molecule has 52 heteroatoms. The highest BCUT2D eigenvalue weighted by molar-refractivity contribution is 7.98. The number of aliphatic carboxylic acids is 7. The Morgan fingerprint density at radius 1 is 0.396 bits per heavy atom. The van der Waals surface area contributed by atoms with E-state index in [2.05, 4.69) is 74.4 Å². The maximum atomic E-state index is 14.7. The molecule has 51 nitrogen and oxygen atoms in total. The van der Waals surface area contributed by atoms with Gasteiger partial charge in [0, 0.05) is 32.7 Å². The van der Waals surface area contributed by atoms with E-state index >= 15 is 0 Å². The Kier molecular flexibility index (Phi) is 58.3. The minimum Gasteiger partial charge on any atom is -0.481 e. The van der Waals surface area contributed by atoms with E-state index in [0.29, 0.717) is 24.8 Å². The number of aliphatic hydroxyl groups is 2. The van der Waals surface area contributed by atoms with E-state index in [0.717, 1.165) is 18.7 Å². The van der Waals surface area contributed by atoms with E-state index in [1.165, 1.54) is 30.8 Å². The Labute approximate surface area is 776 Å². The molecule has 754 valence electrons. The van der Waals surface area contributed by atoms with Crippen molar-refractivity contribution in [2.45, 2.75) is 278 Å². The van der Waals surface area contributed by atoms with Crippen LogP contribution in [0.5, 0.6) is 0 Å². The van der Waals surface area contributed by atoms with Gasteiger partial charge in [-0.1, -0.05) is 50.6 Å². The summed E-state index contributed by atoms with van der Waals surface area (Å²) in [6, 6.07) is -19.4. The molecule has 0 radical (unpaired) electrons. The molecule has 0 bridgehead atoms. The largest absolute Gasteiger partial charge is 0.481 e. The maximum absolute atomic E-state index is 14.7. The van der Waals surface area contributed by atoms with Gasteiger partial charge in [0.2, 0.25) is 88.6 Å². The minimum atomic E-state index is -2.04. The first-order valence-electron chi connectivity index (χ1n) is 43.7. The fourth-order valence-electron chi connectivity index (χ4n) is 13.2. The van der Waals surface area contributed by atoms with Crippen LogP contribution in [0.25, 0.3) is 0 Å². The number of carboxylic acids is 7. The van der Waals surface area contributed by atoms with Gasteiger partial charge in [-0.25, -0.2) is 4.79 Å². The first-order chi connectivity index (χ1) is 63.3. The van der Waals surface area contributed by atoms with Crippen LogP contribution in [0.4, 0.5) is 0 Å². The monoisotopic (exact) mass is 1930 g/mol. The van der Waals surface area contributed by atoms with Crippen molar-refractivity contribution < 1.29 is 151 Å². The molecule has 1 aliphatic heterocycles. The molecule has 0 aliphatic carbocycles. The van der Waals surface area contributed by atoms with Crippen molar-refractivity contribution in [2.75, 3.05) is 57.9 Å². The number of carboxylic acid groups (broad SMARTS) is 7. The van der Waals surface area contributed by atoms with E-state index in [1.54, 1.807) is 31.4 Å². The number of likely N-dealkylation sites (tertiary alicyclic amines) is 1. The molecule has 134 heavy (non-hydrogen) atoms. The normalized spacial score (nSPS) is 15.7. The molecule has 1 saturated heterocycles. The van der Waals surface area contributed by atoms with E-state index in [-0.39, 0.29) is 128 Å². The Bertz CT molecular complexity index is 4080. The second kappa shape index (κ2) is 65.3. The average molecular weight is 1930 g/mol. The highest BCUT2D eigenvalue weighted by Gasteiger charge is 2.43. The fraction of sp³-hybridized carbons (Fsp3) is 0.659. The van der Waals surface area contributed by atoms with Gasteiger partial charge in [0.15, 0.2) is 0 Å². The van der Waals surface area contributed by atoms with E-state index < -0.39 is 291 Å². The lowest BCUT2D eigenvalue weighted by molar-refractivity contribution is -0.145. The summed E-state index contributed by atoms with van der Waals surface area (Å²) in [7, 11) is 0. The number of amides is 15. The summed E-state index contributed by atoms with van der Waals surface area (Å²) in [5, 5.41) is 119. The number of unbranched alkanes of at least 4 members (excludes halogenated alkanes) is 4. The molecular weight excluding hydrogens is 1790 g/mol. The lowest BCUT2D eigenvalue weighted by Crippen LogP contribution is -2.61. The highest BCUT2D eigenvalue weighted by atomic mass is 32.2. The number of benzene rings is 1. The third kappa shape index (κ3) is 46.8. The molecular formula is C82H134N20O31S. The summed E-state index contributed by atoms with van der Waals surface area (Å²) in [4.78, 5) is 294. The molecule has 1 aromatic carbocycles. The van der Waals surface area contributed by atoms with Crippen LogP contribution in [0.15, 0.2) is 30.3 Å². The summed E-state index contributed by atoms with van der Waals surface area (Å²) < 4.78 is 0. The van der Waals surface area contributed by atoms with Crippen molar-refractivity contribution in [3.8, 4) is 0 Å². The zero-order chi connectivity index (χ0) is 101. The predicted octanol–water partition coefficient (Wildman–Crippen LogP) is -8.02. The van der Waals surface area contributed by atoms with Crippen LogP contribution in [0, 0.1) is 5.92 Å². The van der Waals surface area contributed by atoms with Gasteiger partial charge in [-0.05, 0) is 166 Å². The number of nitrogens with zero attached hydrogens (tertiary/aromatic N) is 1. The number of thioether (sulfide) groups is 1. The Hall–Kier alpha value is -12.4. The van der Waals surface area contributed by atoms with E-state index in [4.69, 9.17) is 38.6 Å². The standard InChI is InChI=1S/C80H130N20O29S.C2H4O2/c1-5-42(2)64(99-71(119)49(26-28-60(105)106)87-65(113)43(3)86-67(115)50(29-35-130-4)90-74(122)56(39-63(111)112)97-77(125)58-24-17-34-100(58)79(127)51(22-11-15-32-83)92-75(123)54(37-61(107)108)94-66(114)45(85)40-101)78(126)91-48(25-27-59(103)104)70(118)88-46(20-9-13-30-81)68(116)95-53(36-44-18-7-6-8-19-44)72(120)96-55(38-62(109)110)73(121)89-47(21-10-14-31-82)69(117)98-57(41-102)76(124)93-52(80(128)129)23-12-16-33-84;1-2(3)4/h6-8,18-19,42-43,45-58,64,101-102H,5,9-17,20-41,81-85H2,1-4H3,(H,86,115)(H,87,113)(H,88,118)(H,89,121)(H,90,122)(H,91,126)(H,92,123)(H,93,124)(H,94,114)(H,95,116)(H,96,120)(H,97,125)(H,98,117)(H,99,119)(H,103,104)(H,105,106)(H,107,108)(H,109,110)(H,111,112)(H,128,129);1H3,(H,3,4). The predicted molar refractivity (Wildman–Crippen MR) is 475 cm³/mol. The number of rotatable bonds is 67. The number of nitrogens with two attached hydrogens (primary N) is 5. The molecule has 17 unspecified atom stereocenters. The molecule has 2 rings (SSSR count). The van der Waals surface area contributed by atoms with Gasteiger partial charge >= 0.3 is 35.8 Å². The number of nitrogens with one attached hydrogen (secondary N) is 14. The summed E-state index contributed by atoms with van der Waals surface area (Å²) in [5.41, 5.74) is 28.6. The molecule has 33 N–H and O–H groups in total. The summed E-state index contributed by atoms with van der Waals surface area (Å²) in [5.74, 6) is -27.9. The van der Waals surface area contributed by atoms with Crippen molar-refractivity contribution in [1.82, 2.24) is 79.3 Å². The van der Waals surface area contributed by atoms with E-state index in [1.807, 2.05) is 0 Å². The van der Waals surface area contributed by atoms with E-state index in [9.17, 15) is 142 Å². The highest BCUT2D eigenvalue weighted by Crippen LogP contribution is 2.22. The smallest absolute Gasteiger partial charge is 0.326 e. The van der Waals surface area contributed by atoms with Gasteiger partial charge in [0.05, 0.1) is 32.5 Å². The molecule has 0 aromatic heterocycles. The van der Waals surface area contributed by atoms with Gasteiger partial charge in [-0.15, -0.1) is 0 Å². The summed E-state index contributed by atoms with van der Waals surface area (Å²) in [6.45, 7) is 3.71. The van der Waals surface area contributed by atoms with Crippen LogP contribution < -0.4 is 103 Å². The minimum absolute atomic E-state index is 0.0523. The zero-order valence-electron chi connectivity index (χ0n) is 75.6. The lowest BCUT2D eigenvalue weighted by atomic mass is 9.96. The van der Waals surface area contributed by atoms with Crippen LogP contribution in [-0.4, -0.2) is 336 Å². The molecule has 15 amide bonds. The zero-order valence-corrected chi connectivity index (χ0v) is 76.4. The van der Waals surface area contributed by atoms with Crippen LogP contribution >= 0.6 is 11.8 Å². The second-order valence-corrected chi connectivity index (χ2v) is 32.6. The third-order valence-corrected chi connectivity index (χ3v) is 21.4. The van der Waals surface area contributed by atoms with Crippen LogP contribution in [0.3, 0.4) is 0 Å². The van der Waals surface area contributed by atoms with Gasteiger partial charge < -0.3 is 154 Å². The van der Waals surface area contributed by atoms with Gasteiger partial charge in [0.25, 0.3) is 5.97 Å². The average Bonchev–Trinajstić information content (AvgIpc) is 1.62. The first-order valence-corrected chi connectivity index (χ1v) is 45.1. The molecule has 1 heterocycles. The van der Waals surface area contributed by atoms with Gasteiger partial charge in [0.1, 0.15) is 96.7 Å². The Morgan fingerprint density at radius 3 is 1.16 bits per heavy atom. The topological polar surface area (TPSA) is 859 Å². The van der Waals surface area contributed by atoms with Crippen molar-refractivity contribution >= 4 is 142 Å². The SMILES string of the molecule is CC(=O)O.CCC(C)C(NC(=O)C(CCC(=O)O)NC(=O)C(C)NC(=O)C(CCSC)NC(=O)C(CC(=O)O)NC(=O)C1CCCN1C(=O)C(CCCCN)NC(=O)C(CC(=O)O)NC(=O)C(N)CO)C(=O)NC(CCC(=O)O)C(=O)NC(CCCCN)C(=O)NC(Cc1ccccc1)C(=O)NC(CC(=O)O)C(=O)NC(CCCCN)C(=O)NC(CO)C(=O)NC(CCCCN)C(=O)O. The quantitative estimate of drug-likeness (QED) is 0.0269. The molecule has 1 aromatic rings. The summed E-state index contributed by atoms with van der Waals surface area (Å²) >= 11 is 1.18. The van der Waals surface area contributed by atoms with Crippen molar-refractivity contribution in [3.63, 3.8) is 0 Å².